The Morgan fingerprint density at radius 1 is 0.833 bits per heavy atom. The molecule has 0 heterocycles. The van der Waals surface area contributed by atoms with Gasteiger partial charge in [0.15, 0.2) is 0 Å². The van der Waals surface area contributed by atoms with Crippen LogP contribution in [-0.4, -0.2) is 0 Å². The monoisotopic (exact) mass is 250 g/mol. The quantitative estimate of drug-likeness (QED) is 0.323. The molecule has 1 fully saturated rings. The summed E-state index contributed by atoms with van der Waals surface area (Å²) in [4.78, 5) is 0. The highest BCUT2D eigenvalue weighted by Crippen LogP contribution is 2.32. The third-order valence-electron chi connectivity index (χ3n) is 4.57. The summed E-state index contributed by atoms with van der Waals surface area (Å²) in [5.74, 6) is 1.96. The molecule has 0 atom stereocenters. The fourth-order valence-electron chi connectivity index (χ4n) is 3.33. The number of allylic oxidation sites excluding steroid dienone is 2. The Kier molecular flexibility index (Phi) is 9.34. The lowest BCUT2D eigenvalue weighted by Gasteiger charge is -2.26. The van der Waals surface area contributed by atoms with Crippen molar-refractivity contribution in [1.29, 1.82) is 0 Å². The van der Waals surface area contributed by atoms with Gasteiger partial charge in [-0.25, -0.2) is 0 Å². The van der Waals surface area contributed by atoms with E-state index < -0.39 is 0 Å². The summed E-state index contributed by atoms with van der Waals surface area (Å²) >= 11 is 0. The van der Waals surface area contributed by atoms with E-state index in [1.165, 1.54) is 77.0 Å². The molecule has 0 N–H and O–H groups in total. The molecule has 0 aliphatic heterocycles. The van der Waals surface area contributed by atoms with Crippen molar-refractivity contribution in [2.75, 3.05) is 0 Å². The molecule has 1 aliphatic carbocycles. The third-order valence-corrected chi connectivity index (χ3v) is 4.57. The predicted molar refractivity (Wildman–Crippen MR) is 82.9 cm³/mol. The van der Waals surface area contributed by atoms with E-state index in [0.29, 0.717) is 0 Å². The topological polar surface area (TPSA) is 0 Å². The van der Waals surface area contributed by atoms with Gasteiger partial charge in [-0.15, -0.1) is 0 Å². The number of hydrogen-bond donors (Lipinski definition) is 0. The smallest absolute Gasteiger partial charge is 0.0233 e. The summed E-state index contributed by atoms with van der Waals surface area (Å²) < 4.78 is 0. The molecule has 0 saturated heterocycles. The van der Waals surface area contributed by atoms with E-state index in [4.69, 9.17) is 0 Å². The van der Waals surface area contributed by atoms with E-state index in [1.54, 1.807) is 0 Å². The van der Waals surface area contributed by atoms with Gasteiger partial charge in [0.2, 0.25) is 0 Å². The van der Waals surface area contributed by atoms with Gasteiger partial charge < -0.3 is 0 Å². The summed E-state index contributed by atoms with van der Waals surface area (Å²) in [6, 6.07) is 0. The lowest BCUT2D eigenvalue weighted by atomic mass is 9.79. The van der Waals surface area contributed by atoms with Crippen molar-refractivity contribution in [3.8, 4) is 0 Å². The van der Waals surface area contributed by atoms with Gasteiger partial charge in [-0.1, -0.05) is 70.4 Å². The summed E-state index contributed by atoms with van der Waals surface area (Å²) in [5, 5.41) is 0. The first-order valence-electron chi connectivity index (χ1n) is 8.49. The van der Waals surface area contributed by atoms with Crippen molar-refractivity contribution >= 4 is 0 Å². The van der Waals surface area contributed by atoms with E-state index in [2.05, 4.69) is 26.0 Å². The Hall–Kier alpha value is -0.260. The third kappa shape index (κ3) is 7.24. The molecule has 0 aromatic heterocycles. The molecule has 0 amide bonds. The van der Waals surface area contributed by atoms with Crippen LogP contribution in [0.1, 0.15) is 90.9 Å². The second kappa shape index (κ2) is 10.6. The highest BCUT2D eigenvalue weighted by Gasteiger charge is 2.18. The number of unbranched alkanes of at least 4 members (excludes halogenated alkanes) is 6. The van der Waals surface area contributed by atoms with E-state index in [-0.39, 0.29) is 0 Å². The van der Waals surface area contributed by atoms with Gasteiger partial charge in [0.25, 0.3) is 0 Å². The normalized spacial score (nSPS) is 24.8. The average molecular weight is 250 g/mol. The SMILES string of the molecule is C/C=C/C1CCC(CCCCCCCCC)CC1. The van der Waals surface area contributed by atoms with Crippen LogP contribution in [0, 0.1) is 11.8 Å². The van der Waals surface area contributed by atoms with E-state index in [9.17, 15) is 0 Å². The van der Waals surface area contributed by atoms with Crippen LogP contribution in [0.4, 0.5) is 0 Å². The van der Waals surface area contributed by atoms with Crippen LogP contribution < -0.4 is 0 Å². The molecule has 0 unspecified atom stereocenters. The maximum absolute atomic E-state index is 2.42. The van der Waals surface area contributed by atoms with Crippen LogP contribution in [0.2, 0.25) is 0 Å². The van der Waals surface area contributed by atoms with E-state index in [1.807, 2.05) is 0 Å². The van der Waals surface area contributed by atoms with Gasteiger partial charge >= 0.3 is 0 Å². The van der Waals surface area contributed by atoms with Gasteiger partial charge in [0, 0.05) is 0 Å². The van der Waals surface area contributed by atoms with Gasteiger partial charge in [-0.2, -0.15) is 0 Å². The molecule has 18 heavy (non-hydrogen) atoms. The summed E-state index contributed by atoms with van der Waals surface area (Å²) in [5.41, 5.74) is 0. The molecule has 1 rings (SSSR count). The van der Waals surface area contributed by atoms with Crippen molar-refractivity contribution < 1.29 is 0 Å². The lowest BCUT2D eigenvalue weighted by Crippen LogP contribution is -2.12. The van der Waals surface area contributed by atoms with E-state index in [0.717, 1.165) is 11.8 Å². The largest absolute Gasteiger partial charge is 0.0914 e. The molecule has 0 nitrogen and oxygen atoms in total. The minimum atomic E-state index is 0.903. The maximum atomic E-state index is 2.42. The first kappa shape index (κ1) is 15.8. The lowest BCUT2D eigenvalue weighted by molar-refractivity contribution is 0.288. The summed E-state index contributed by atoms with van der Waals surface area (Å²) in [7, 11) is 0. The second-order valence-corrected chi connectivity index (χ2v) is 6.22. The van der Waals surface area contributed by atoms with Crippen molar-refractivity contribution in [3.05, 3.63) is 12.2 Å². The Bertz CT molecular complexity index is 196. The van der Waals surface area contributed by atoms with Crippen LogP contribution >= 0.6 is 0 Å². The Morgan fingerprint density at radius 2 is 1.44 bits per heavy atom. The first-order chi connectivity index (χ1) is 8.86. The minimum Gasteiger partial charge on any atom is -0.0914 e. The molecule has 1 saturated carbocycles. The van der Waals surface area contributed by atoms with Crippen LogP contribution in [0.15, 0.2) is 12.2 Å². The zero-order valence-electron chi connectivity index (χ0n) is 12.8. The predicted octanol–water partition coefficient (Wildman–Crippen LogP) is 6.51. The second-order valence-electron chi connectivity index (χ2n) is 6.22. The Morgan fingerprint density at radius 3 is 2.06 bits per heavy atom. The fraction of sp³-hybridized carbons (Fsp3) is 0.889. The standard InChI is InChI=1S/C18H34/c1-3-5-6-7-8-9-10-12-18-15-13-17(11-4-2)14-16-18/h4,11,17-18H,3,5-10,12-16H2,1-2H3/b11-4+. The van der Waals surface area contributed by atoms with Gasteiger partial charge in [-0.05, 0) is 44.4 Å². The molecule has 0 aromatic carbocycles. The molecule has 0 heteroatoms. The van der Waals surface area contributed by atoms with Crippen LogP contribution in [-0.2, 0) is 0 Å². The first-order valence-corrected chi connectivity index (χ1v) is 8.49. The highest BCUT2D eigenvalue weighted by atomic mass is 14.2. The van der Waals surface area contributed by atoms with Crippen molar-refractivity contribution in [2.45, 2.75) is 90.9 Å². The zero-order chi connectivity index (χ0) is 13.1. The average Bonchev–Trinajstić information content (AvgIpc) is 2.40. The van der Waals surface area contributed by atoms with Crippen molar-refractivity contribution in [3.63, 3.8) is 0 Å². The minimum absolute atomic E-state index is 0.903. The Balaban J connectivity index is 1.91. The van der Waals surface area contributed by atoms with Gasteiger partial charge in [0.05, 0.1) is 0 Å². The van der Waals surface area contributed by atoms with Crippen LogP contribution in [0.25, 0.3) is 0 Å². The van der Waals surface area contributed by atoms with Crippen LogP contribution in [0.5, 0.6) is 0 Å². The number of rotatable bonds is 9. The van der Waals surface area contributed by atoms with Crippen molar-refractivity contribution in [1.82, 2.24) is 0 Å². The molecule has 0 spiro atoms. The summed E-state index contributed by atoms with van der Waals surface area (Å²) in [6.07, 6.45) is 22.3. The molecule has 0 radical (unpaired) electrons. The molecule has 106 valence electrons. The molecular weight excluding hydrogens is 216 g/mol. The highest BCUT2D eigenvalue weighted by molar-refractivity contribution is 4.88. The molecule has 0 aromatic rings. The molecule has 0 bridgehead atoms. The number of hydrogen-bond acceptors (Lipinski definition) is 0. The zero-order valence-corrected chi connectivity index (χ0v) is 12.8. The maximum Gasteiger partial charge on any atom is -0.0233 e. The molecular formula is C18H34. The summed E-state index contributed by atoms with van der Waals surface area (Å²) in [6.45, 7) is 4.45. The molecule has 1 aliphatic rings. The van der Waals surface area contributed by atoms with E-state index >= 15 is 0 Å². The Labute approximate surface area is 115 Å². The van der Waals surface area contributed by atoms with Crippen molar-refractivity contribution in [2.24, 2.45) is 11.8 Å². The van der Waals surface area contributed by atoms with Gasteiger partial charge in [0.1, 0.15) is 0 Å². The van der Waals surface area contributed by atoms with Gasteiger partial charge in [-0.3, -0.25) is 0 Å². The fourth-order valence-corrected chi connectivity index (χ4v) is 3.33. The van der Waals surface area contributed by atoms with Crippen LogP contribution in [0.3, 0.4) is 0 Å².